The van der Waals surface area contributed by atoms with Gasteiger partial charge in [0.25, 0.3) is 5.91 Å². The molecule has 154 valence electrons. The molecule has 1 heterocycles. The molecule has 1 aliphatic rings. The molecule has 0 aliphatic carbocycles. The van der Waals surface area contributed by atoms with E-state index in [-0.39, 0.29) is 17.8 Å². The average Bonchev–Trinajstić information content (AvgIpc) is 3.28. The number of hydrogen-bond donors (Lipinski definition) is 0. The van der Waals surface area contributed by atoms with E-state index in [0.717, 1.165) is 29.7 Å². The van der Waals surface area contributed by atoms with Crippen molar-refractivity contribution in [1.82, 2.24) is 4.90 Å². The monoisotopic (exact) mass is 405 g/mol. The lowest BCUT2D eigenvalue weighted by Crippen LogP contribution is -2.31. The summed E-state index contributed by atoms with van der Waals surface area (Å²) in [4.78, 5) is 15.1. The van der Waals surface area contributed by atoms with Gasteiger partial charge in [-0.2, -0.15) is 0 Å². The summed E-state index contributed by atoms with van der Waals surface area (Å²) in [5, 5.41) is 0. The fraction of sp³-hybridized carbons (Fsp3) is 0.240. The second kappa shape index (κ2) is 8.57. The summed E-state index contributed by atoms with van der Waals surface area (Å²) in [6.07, 6.45) is 1.60. The fourth-order valence-corrected chi connectivity index (χ4v) is 4.16. The summed E-state index contributed by atoms with van der Waals surface area (Å²) >= 11 is 0. The van der Waals surface area contributed by atoms with Gasteiger partial charge in [-0.05, 0) is 43.2 Å². The maximum atomic E-state index is 14.3. The number of carbonyl (C=O) groups is 1. The van der Waals surface area contributed by atoms with Gasteiger partial charge in [-0.15, -0.1) is 0 Å². The van der Waals surface area contributed by atoms with Crippen LogP contribution in [0.15, 0.2) is 66.7 Å². The van der Waals surface area contributed by atoms with Gasteiger partial charge in [0.1, 0.15) is 17.3 Å². The van der Waals surface area contributed by atoms with Crippen molar-refractivity contribution in [2.75, 3.05) is 20.8 Å². The number of amides is 1. The van der Waals surface area contributed by atoms with Crippen molar-refractivity contribution in [3.05, 3.63) is 83.7 Å². The lowest BCUT2D eigenvalue weighted by atomic mass is 10.00. The summed E-state index contributed by atoms with van der Waals surface area (Å²) in [5.41, 5.74) is 2.83. The van der Waals surface area contributed by atoms with Gasteiger partial charge >= 0.3 is 0 Å². The van der Waals surface area contributed by atoms with E-state index in [0.29, 0.717) is 23.4 Å². The van der Waals surface area contributed by atoms with Gasteiger partial charge in [-0.25, -0.2) is 4.39 Å². The maximum absolute atomic E-state index is 14.3. The van der Waals surface area contributed by atoms with Crippen LogP contribution in [0.1, 0.15) is 34.8 Å². The van der Waals surface area contributed by atoms with Gasteiger partial charge in [-0.1, -0.05) is 36.4 Å². The molecule has 1 amide bonds. The number of ether oxygens (including phenoxy) is 2. The molecule has 5 heteroatoms. The highest BCUT2D eigenvalue weighted by Gasteiger charge is 2.32. The molecule has 30 heavy (non-hydrogen) atoms. The van der Waals surface area contributed by atoms with Gasteiger partial charge in [0, 0.05) is 28.8 Å². The van der Waals surface area contributed by atoms with Crippen molar-refractivity contribution in [1.29, 1.82) is 0 Å². The molecule has 0 spiro atoms. The Hall–Kier alpha value is -3.34. The van der Waals surface area contributed by atoms with E-state index in [9.17, 15) is 9.18 Å². The minimum absolute atomic E-state index is 0.120. The van der Waals surface area contributed by atoms with Crippen LogP contribution in [-0.4, -0.2) is 31.6 Å². The number of hydrogen-bond acceptors (Lipinski definition) is 3. The van der Waals surface area contributed by atoms with Gasteiger partial charge in [-0.3, -0.25) is 4.79 Å². The molecule has 0 saturated carbocycles. The van der Waals surface area contributed by atoms with Crippen molar-refractivity contribution in [2.45, 2.75) is 18.9 Å². The van der Waals surface area contributed by atoms with Crippen LogP contribution in [-0.2, 0) is 0 Å². The van der Waals surface area contributed by atoms with Crippen LogP contribution in [0.4, 0.5) is 4.39 Å². The largest absolute Gasteiger partial charge is 0.496 e. The van der Waals surface area contributed by atoms with Crippen LogP contribution in [0, 0.1) is 5.82 Å². The minimum Gasteiger partial charge on any atom is -0.496 e. The van der Waals surface area contributed by atoms with Crippen molar-refractivity contribution in [3.8, 4) is 22.6 Å². The third-order valence-electron chi connectivity index (χ3n) is 5.62. The first-order valence-electron chi connectivity index (χ1n) is 10.0. The number of rotatable bonds is 5. The summed E-state index contributed by atoms with van der Waals surface area (Å²) in [6.45, 7) is 0.606. The van der Waals surface area contributed by atoms with Crippen LogP contribution in [0.5, 0.6) is 11.5 Å². The zero-order valence-corrected chi connectivity index (χ0v) is 17.1. The molecular weight excluding hydrogens is 381 g/mol. The molecule has 1 saturated heterocycles. The summed E-state index contributed by atoms with van der Waals surface area (Å²) < 4.78 is 25.4. The highest BCUT2D eigenvalue weighted by Crippen LogP contribution is 2.38. The van der Waals surface area contributed by atoms with Gasteiger partial charge < -0.3 is 14.4 Å². The topological polar surface area (TPSA) is 38.8 Å². The molecular formula is C25H24FNO3. The average molecular weight is 405 g/mol. The number of carbonyl (C=O) groups excluding carboxylic acids is 1. The van der Waals surface area contributed by atoms with E-state index in [2.05, 4.69) is 0 Å². The lowest BCUT2D eigenvalue weighted by Gasteiger charge is -2.26. The van der Waals surface area contributed by atoms with E-state index < -0.39 is 0 Å². The number of halogens is 1. The number of benzene rings is 3. The van der Waals surface area contributed by atoms with Crippen molar-refractivity contribution in [2.24, 2.45) is 0 Å². The van der Waals surface area contributed by atoms with Crippen molar-refractivity contribution >= 4 is 5.91 Å². The predicted octanol–water partition coefficient (Wildman–Crippen LogP) is 5.49. The molecule has 0 N–H and O–H groups in total. The molecule has 0 aromatic heterocycles. The normalized spacial score (nSPS) is 15.8. The van der Waals surface area contributed by atoms with Crippen LogP contribution in [0.2, 0.25) is 0 Å². The van der Waals surface area contributed by atoms with Gasteiger partial charge in [0.05, 0.1) is 20.3 Å². The molecule has 3 aromatic carbocycles. The molecule has 0 radical (unpaired) electrons. The zero-order valence-electron chi connectivity index (χ0n) is 17.1. The lowest BCUT2D eigenvalue weighted by molar-refractivity contribution is 0.0733. The first-order chi connectivity index (χ1) is 14.6. The van der Waals surface area contributed by atoms with Crippen molar-refractivity contribution < 1.29 is 18.7 Å². The maximum Gasteiger partial charge on any atom is 0.254 e. The first kappa shape index (κ1) is 20.0. The Morgan fingerprint density at radius 2 is 1.63 bits per heavy atom. The molecule has 4 rings (SSSR count). The fourth-order valence-electron chi connectivity index (χ4n) is 4.16. The molecule has 3 aromatic rings. The third kappa shape index (κ3) is 3.63. The van der Waals surface area contributed by atoms with Crippen LogP contribution >= 0.6 is 0 Å². The second-order valence-corrected chi connectivity index (χ2v) is 7.29. The van der Waals surface area contributed by atoms with E-state index in [1.165, 1.54) is 6.07 Å². The van der Waals surface area contributed by atoms with Crippen LogP contribution in [0.3, 0.4) is 0 Å². The van der Waals surface area contributed by atoms with Crippen LogP contribution < -0.4 is 9.47 Å². The predicted molar refractivity (Wildman–Crippen MR) is 114 cm³/mol. The zero-order chi connectivity index (χ0) is 21.1. The Kier molecular flexibility index (Phi) is 5.70. The Bertz CT molecular complexity index is 1070. The molecule has 1 aliphatic heterocycles. The molecule has 1 fully saturated rings. The Morgan fingerprint density at radius 3 is 2.40 bits per heavy atom. The highest BCUT2D eigenvalue weighted by molar-refractivity contribution is 5.96. The highest BCUT2D eigenvalue weighted by atomic mass is 19.1. The summed E-state index contributed by atoms with van der Waals surface area (Å²) in [6, 6.07) is 19.5. The van der Waals surface area contributed by atoms with E-state index in [1.807, 2.05) is 36.4 Å². The number of nitrogens with zero attached hydrogens (tertiary/aromatic N) is 1. The molecule has 0 bridgehead atoms. The van der Waals surface area contributed by atoms with Gasteiger partial charge in [0.2, 0.25) is 0 Å². The van der Waals surface area contributed by atoms with E-state index in [1.54, 1.807) is 43.4 Å². The number of methoxy groups -OCH3 is 2. The first-order valence-corrected chi connectivity index (χ1v) is 10.0. The molecule has 0 unspecified atom stereocenters. The number of likely N-dealkylation sites (tertiary alicyclic amines) is 1. The SMILES string of the molecule is COc1ccccc1-c1ccc(C(=O)N2CCC[C@@H]2c2ccccc2F)cc1OC. The van der Waals surface area contributed by atoms with E-state index in [4.69, 9.17) is 9.47 Å². The Morgan fingerprint density at radius 1 is 0.933 bits per heavy atom. The van der Waals surface area contributed by atoms with Crippen molar-refractivity contribution in [3.63, 3.8) is 0 Å². The van der Waals surface area contributed by atoms with Gasteiger partial charge in [0.15, 0.2) is 0 Å². The van der Waals surface area contributed by atoms with Crippen LogP contribution in [0.25, 0.3) is 11.1 Å². The summed E-state index contributed by atoms with van der Waals surface area (Å²) in [5.74, 6) is 0.929. The third-order valence-corrected chi connectivity index (χ3v) is 5.62. The quantitative estimate of drug-likeness (QED) is 0.564. The Balaban J connectivity index is 1.67. The molecule has 1 atom stereocenters. The standard InChI is InChI=1S/C25H24FNO3/c1-29-23-12-6-4-8-18(23)19-14-13-17(16-24(19)30-2)25(28)27-15-7-11-22(27)20-9-3-5-10-21(20)26/h3-6,8-10,12-14,16,22H,7,11,15H2,1-2H3/t22-/m1/s1. The van der Waals surface area contributed by atoms with E-state index >= 15 is 0 Å². The second-order valence-electron chi connectivity index (χ2n) is 7.29. The number of para-hydroxylation sites is 1. The smallest absolute Gasteiger partial charge is 0.254 e. The molecule has 4 nitrogen and oxygen atoms in total. The minimum atomic E-state index is -0.272. The summed E-state index contributed by atoms with van der Waals surface area (Å²) in [7, 11) is 3.21. The Labute approximate surface area is 175 Å².